The molecule has 1 atom stereocenters. The first-order valence-electron chi connectivity index (χ1n) is 4.31. The van der Waals surface area contributed by atoms with Crippen molar-refractivity contribution >= 4 is 22.9 Å². The Morgan fingerprint density at radius 2 is 2.36 bits per heavy atom. The highest BCUT2D eigenvalue weighted by atomic mass is 32.1. The maximum atomic E-state index is 11.3. The monoisotopic (exact) mass is 170 g/mol. The molecule has 0 aliphatic heterocycles. The molecule has 1 aliphatic carbocycles. The van der Waals surface area contributed by atoms with Gasteiger partial charge in [0.15, 0.2) is 0 Å². The van der Waals surface area contributed by atoms with Gasteiger partial charge in [0.05, 0.1) is 0 Å². The van der Waals surface area contributed by atoms with E-state index in [-0.39, 0.29) is 5.92 Å². The van der Waals surface area contributed by atoms with E-state index in [9.17, 15) is 4.79 Å². The average Bonchev–Trinajstić information content (AvgIpc) is 2.04. The molecule has 1 unspecified atom stereocenters. The van der Waals surface area contributed by atoms with Crippen molar-refractivity contribution in [2.75, 3.05) is 0 Å². The van der Waals surface area contributed by atoms with Gasteiger partial charge in [0, 0.05) is 17.2 Å². The lowest BCUT2D eigenvalue weighted by atomic mass is 9.85. The molecular weight excluding hydrogens is 156 g/mol. The van der Waals surface area contributed by atoms with E-state index in [0.29, 0.717) is 5.78 Å². The van der Waals surface area contributed by atoms with Crippen LogP contribution >= 0.6 is 12.2 Å². The highest BCUT2D eigenvalue weighted by Crippen LogP contribution is 2.22. The molecular formula is C9H14OS. The van der Waals surface area contributed by atoms with Crippen LogP contribution in [0.5, 0.6) is 0 Å². The number of carbonyl (C=O) groups is 1. The van der Waals surface area contributed by atoms with E-state index in [1.165, 1.54) is 6.42 Å². The number of hydrogen-bond acceptors (Lipinski definition) is 2. The van der Waals surface area contributed by atoms with Crippen molar-refractivity contribution in [1.82, 2.24) is 0 Å². The third-order valence-electron chi connectivity index (χ3n) is 2.29. The first-order valence-corrected chi connectivity index (χ1v) is 4.72. The number of hydrogen-bond donors (Lipinski definition) is 0. The number of rotatable bonds is 2. The maximum absolute atomic E-state index is 11.3. The third kappa shape index (κ3) is 2.09. The van der Waals surface area contributed by atoms with Crippen molar-refractivity contribution in [3.8, 4) is 0 Å². The van der Waals surface area contributed by atoms with Crippen molar-refractivity contribution in [2.24, 2.45) is 5.92 Å². The summed E-state index contributed by atoms with van der Waals surface area (Å²) in [5, 5.41) is 0. The summed E-state index contributed by atoms with van der Waals surface area (Å²) in [7, 11) is 0. The molecule has 1 saturated carbocycles. The first-order chi connectivity index (χ1) is 5.25. The van der Waals surface area contributed by atoms with Crippen molar-refractivity contribution < 1.29 is 4.79 Å². The zero-order valence-electron chi connectivity index (χ0n) is 6.93. The van der Waals surface area contributed by atoms with E-state index in [2.05, 4.69) is 0 Å². The average molecular weight is 170 g/mol. The minimum absolute atomic E-state index is 0.128. The van der Waals surface area contributed by atoms with Gasteiger partial charge in [0.1, 0.15) is 5.78 Å². The Hall–Kier alpha value is -0.240. The van der Waals surface area contributed by atoms with Crippen molar-refractivity contribution in [1.29, 1.82) is 0 Å². The van der Waals surface area contributed by atoms with Crippen LogP contribution < -0.4 is 0 Å². The Bertz CT molecular complexity index is 166. The fraction of sp³-hybridized carbons (Fsp3) is 0.778. The maximum Gasteiger partial charge on any atom is 0.140 e. The van der Waals surface area contributed by atoms with Crippen molar-refractivity contribution in [3.05, 3.63) is 0 Å². The Kier molecular flexibility index (Phi) is 3.18. The number of ketones is 1. The van der Waals surface area contributed by atoms with Crippen molar-refractivity contribution in [2.45, 2.75) is 39.0 Å². The number of Topliss-reactive ketones (excluding diaryl/α,β-unsaturated/α-hetero) is 1. The smallest absolute Gasteiger partial charge is 0.140 e. The van der Waals surface area contributed by atoms with E-state index < -0.39 is 0 Å². The Morgan fingerprint density at radius 1 is 1.64 bits per heavy atom. The Morgan fingerprint density at radius 3 is 2.91 bits per heavy atom. The van der Waals surface area contributed by atoms with Crippen LogP contribution in [0.25, 0.3) is 0 Å². The van der Waals surface area contributed by atoms with Crippen LogP contribution in [0.3, 0.4) is 0 Å². The third-order valence-corrected chi connectivity index (χ3v) is 2.86. The lowest BCUT2D eigenvalue weighted by Gasteiger charge is -2.20. The van der Waals surface area contributed by atoms with Crippen molar-refractivity contribution in [3.63, 3.8) is 0 Å². The summed E-state index contributed by atoms with van der Waals surface area (Å²) < 4.78 is 0. The molecule has 1 fully saturated rings. The zero-order valence-corrected chi connectivity index (χ0v) is 7.75. The summed E-state index contributed by atoms with van der Waals surface area (Å²) in [5.74, 6) is 0.506. The molecule has 0 heterocycles. The van der Waals surface area contributed by atoms with Crippen LogP contribution in [0, 0.1) is 5.92 Å². The molecule has 0 spiro atoms. The fourth-order valence-electron chi connectivity index (χ4n) is 1.57. The minimum atomic E-state index is 0.128. The summed E-state index contributed by atoms with van der Waals surface area (Å²) in [5.41, 5.74) is 0. The fourth-order valence-corrected chi connectivity index (χ4v) is 1.82. The molecule has 1 nitrogen and oxygen atoms in total. The lowest BCUT2D eigenvalue weighted by molar-refractivity contribution is -0.122. The van der Waals surface area contributed by atoms with Gasteiger partial charge >= 0.3 is 0 Å². The van der Waals surface area contributed by atoms with Crippen LogP contribution in [-0.4, -0.2) is 10.6 Å². The summed E-state index contributed by atoms with van der Waals surface area (Å²) in [6, 6.07) is 0. The van der Waals surface area contributed by atoms with Crippen LogP contribution in [0.4, 0.5) is 0 Å². The van der Waals surface area contributed by atoms with Crippen LogP contribution in [-0.2, 0) is 4.79 Å². The molecule has 0 aromatic rings. The minimum Gasteiger partial charge on any atom is -0.299 e. The molecule has 0 N–H and O–H groups in total. The molecule has 11 heavy (non-hydrogen) atoms. The second kappa shape index (κ2) is 3.96. The molecule has 1 rings (SSSR count). The molecule has 1 aliphatic rings. The Balaban J connectivity index is 2.54. The van der Waals surface area contributed by atoms with E-state index in [1.807, 2.05) is 6.92 Å². The largest absolute Gasteiger partial charge is 0.299 e. The van der Waals surface area contributed by atoms with Crippen LogP contribution in [0.1, 0.15) is 39.0 Å². The van der Waals surface area contributed by atoms with Gasteiger partial charge in [0.25, 0.3) is 0 Å². The first kappa shape index (κ1) is 8.85. The van der Waals surface area contributed by atoms with Gasteiger partial charge in [0.2, 0.25) is 0 Å². The topological polar surface area (TPSA) is 17.1 Å². The second-order valence-electron chi connectivity index (χ2n) is 3.08. The predicted octanol–water partition coefficient (Wildman–Crippen LogP) is 2.53. The summed E-state index contributed by atoms with van der Waals surface area (Å²) >= 11 is 5.13. The molecule has 0 aromatic heterocycles. The molecule has 0 saturated heterocycles. The van der Waals surface area contributed by atoms with Gasteiger partial charge in [-0.3, -0.25) is 4.79 Å². The summed E-state index contributed by atoms with van der Waals surface area (Å²) in [6.07, 6.45) is 4.89. The van der Waals surface area contributed by atoms with Gasteiger partial charge in [-0.1, -0.05) is 25.6 Å². The van der Waals surface area contributed by atoms with E-state index in [0.717, 1.165) is 30.5 Å². The normalized spacial score (nSPS) is 25.2. The number of carbonyl (C=O) groups excluding carboxylic acids is 1. The molecule has 0 bridgehead atoms. The van der Waals surface area contributed by atoms with Gasteiger partial charge in [-0.15, -0.1) is 0 Å². The summed E-state index contributed by atoms with van der Waals surface area (Å²) in [4.78, 5) is 12.3. The van der Waals surface area contributed by atoms with E-state index in [1.54, 1.807) is 0 Å². The molecule has 0 aromatic carbocycles. The molecule has 0 radical (unpaired) electrons. The summed E-state index contributed by atoms with van der Waals surface area (Å²) in [6.45, 7) is 2.03. The predicted molar refractivity (Wildman–Crippen MR) is 49.9 cm³/mol. The highest BCUT2D eigenvalue weighted by molar-refractivity contribution is 7.80. The van der Waals surface area contributed by atoms with Gasteiger partial charge in [-0.25, -0.2) is 0 Å². The van der Waals surface area contributed by atoms with Gasteiger partial charge < -0.3 is 0 Å². The highest BCUT2D eigenvalue weighted by Gasteiger charge is 2.24. The van der Waals surface area contributed by atoms with Gasteiger partial charge in [-0.2, -0.15) is 0 Å². The SMILES string of the molecule is CCC(=S)C1CCCCC1=O. The van der Waals surface area contributed by atoms with E-state index in [4.69, 9.17) is 12.2 Å². The molecule has 62 valence electrons. The lowest BCUT2D eigenvalue weighted by Crippen LogP contribution is -2.25. The quantitative estimate of drug-likeness (QED) is 0.592. The standard InChI is InChI=1S/C9H14OS/c1-2-9(11)7-5-3-4-6-8(7)10/h7H,2-6H2,1H3. The number of thiocarbonyl (C=S) groups is 1. The van der Waals surface area contributed by atoms with E-state index >= 15 is 0 Å². The molecule has 2 heteroatoms. The zero-order chi connectivity index (χ0) is 8.27. The molecule has 0 amide bonds. The van der Waals surface area contributed by atoms with Crippen LogP contribution in [0.2, 0.25) is 0 Å². The van der Waals surface area contributed by atoms with Crippen LogP contribution in [0.15, 0.2) is 0 Å². The van der Waals surface area contributed by atoms with Gasteiger partial charge in [-0.05, 0) is 19.3 Å². The second-order valence-corrected chi connectivity index (χ2v) is 3.61. The Labute approximate surface area is 73.2 Å².